The third kappa shape index (κ3) is 18.3. The Kier molecular flexibility index (Phi) is 17.1. The Bertz CT molecular complexity index is 473. The highest BCUT2D eigenvalue weighted by molar-refractivity contribution is 5.90. The van der Waals surface area contributed by atoms with Crippen molar-refractivity contribution in [1.29, 1.82) is 0 Å². The summed E-state index contributed by atoms with van der Waals surface area (Å²) in [6, 6.07) is 0. The van der Waals surface area contributed by atoms with Crippen LogP contribution in [0.3, 0.4) is 0 Å². The molecule has 0 heterocycles. The van der Waals surface area contributed by atoms with E-state index in [4.69, 9.17) is 5.11 Å². The quantitative estimate of drug-likeness (QED) is 0.156. The minimum absolute atomic E-state index is 0.122. The van der Waals surface area contributed by atoms with Crippen LogP contribution in [-0.4, -0.2) is 59.7 Å². The number of carboxylic acid groups (broad SMARTS) is 1. The molecule has 0 aliphatic heterocycles. The fourth-order valence-corrected chi connectivity index (χ4v) is 4.34. The first-order valence-electron chi connectivity index (χ1n) is 12.9. The maximum atomic E-state index is 12.5. The number of carbonyl (C=O) groups is 2. The molecule has 0 spiro atoms. The van der Waals surface area contributed by atoms with Crippen molar-refractivity contribution < 1.29 is 24.3 Å². The van der Waals surface area contributed by atoms with Crippen molar-refractivity contribution in [2.24, 2.45) is 0 Å². The Labute approximate surface area is 192 Å². The van der Waals surface area contributed by atoms with Crippen molar-refractivity contribution in [2.45, 2.75) is 128 Å². The SMILES string of the molecule is CCCCCCCCCCCCCCCCCCC(=O)C(O)(CC(=O)O)C[N+](C)(C)C. The minimum Gasteiger partial charge on any atom is -0.481 e. The van der Waals surface area contributed by atoms with Crippen molar-refractivity contribution in [2.75, 3.05) is 27.7 Å². The monoisotopic (exact) mass is 442 g/mol. The molecule has 0 aromatic rings. The van der Waals surface area contributed by atoms with Crippen LogP contribution in [0, 0.1) is 0 Å². The summed E-state index contributed by atoms with van der Waals surface area (Å²) in [5.41, 5.74) is -1.76. The number of hydrogen-bond acceptors (Lipinski definition) is 3. The zero-order valence-electron chi connectivity index (χ0n) is 21.1. The molecule has 0 fully saturated rings. The van der Waals surface area contributed by atoms with Crippen LogP contribution in [0.1, 0.15) is 122 Å². The van der Waals surface area contributed by atoms with Gasteiger partial charge in [-0.1, -0.05) is 103 Å². The van der Waals surface area contributed by atoms with E-state index in [1.807, 2.05) is 21.1 Å². The first-order chi connectivity index (χ1) is 14.6. The van der Waals surface area contributed by atoms with E-state index in [-0.39, 0.29) is 18.7 Å². The third-order valence-electron chi connectivity index (χ3n) is 5.96. The lowest BCUT2D eigenvalue weighted by atomic mass is 9.89. The van der Waals surface area contributed by atoms with Crippen molar-refractivity contribution in [3.63, 3.8) is 0 Å². The maximum absolute atomic E-state index is 12.5. The maximum Gasteiger partial charge on any atom is 0.306 e. The van der Waals surface area contributed by atoms with Gasteiger partial charge in [-0.25, -0.2) is 0 Å². The molecule has 0 aromatic carbocycles. The predicted molar refractivity (Wildman–Crippen MR) is 129 cm³/mol. The molecule has 184 valence electrons. The molecule has 0 aromatic heterocycles. The van der Waals surface area contributed by atoms with Crippen LogP contribution in [-0.2, 0) is 9.59 Å². The van der Waals surface area contributed by atoms with Gasteiger partial charge in [0, 0.05) is 6.42 Å². The summed E-state index contributed by atoms with van der Waals surface area (Å²) in [4.78, 5) is 23.6. The second-order valence-electron chi connectivity index (χ2n) is 10.5. The number of aliphatic hydroxyl groups is 1. The molecule has 0 saturated carbocycles. The molecule has 1 unspecified atom stereocenters. The Morgan fingerprint density at radius 2 is 1.03 bits per heavy atom. The minimum atomic E-state index is -1.76. The number of aliphatic carboxylic acids is 1. The smallest absolute Gasteiger partial charge is 0.306 e. The lowest BCUT2D eigenvalue weighted by Gasteiger charge is -2.33. The Hall–Kier alpha value is -0.940. The van der Waals surface area contributed by atoms with Gasteiger partial charge in [-0.15, -0.1) is 0 Å². The van der Waals surface area contributed by atoms with E-state index < -0.39 is 18.0 Å². The highest BCUT2D eigenvalue weighted by Crippen LogP contribution is 2.20. The summed E-state index contributed by atoms with van der Waals surface area (Å²) in [6.45, 7) is 2.39. The summed E-state index contributed by atoms with van der Waals surface area (Å²) >= 11 is 0. The van der Waals surface area contributed by atoms with Gasteiger partial charge >= 0.3 is 5.97 Å². The van der Waals surface area contributed by atoms with Gasteiger partial charge in [-0.3, -0.25) is 9.59 Å². The van der Waals surface area contributed by atoms with Crippen molar-refractivity contribution in [3.8, 4) is 0 Å². The predicted octanol–water partition coefficient (Wildman–Crippen LogP) is 6.12. The number of carbonyl (C=O) groups excluding carboxylic acids is 1. The average Bonchev–Trinajstić information content (AvgIpc) is 2.65. The molecule has 0 bridgehead atoms. The van der Waals surface area contributed by atoms with Gasteiger partial charge in [0.1, 0.15) is 6.54 Å². The first kappa shape index (κ1) is 30.1. The molecule has 1 atom stereocenters. The summed E-state index contributed by atoms with van der Waals surface area (Å²) in [7, 11) is 5.57. The molecule has 5 nitrogen and oxygen atoms in total. The Morgan fingerprint density at radius 3 is 1.35 bits per heavy atom. The highest BCUT2D eigenvalue weighted by Gasteiger charge is 2.42. The molecular formula is C26H52NO4+. The Morgan fingerprint density at radius 1 is 0.677 bits per heavy atom. The summed E-state index contributed by atoms with van der Waals surface area (Å²) in [6.07, 6.45) is 20.1. The first-order valence-corrected chi connectivity index (χ1v) is 12.9. The summed E-state index contributed by atoms with van der Waals surface area (Å²) in [5.74, 6) is -1.45. The van der Waals surface area contributed by atoms with Gasteiger partial charge in [0.05, 0.1) is 27.6 Å². The molecule has 31 heavy (non-hydrogen) atoms. The van der Waals surface area contributed by atoms with Crippen LogP contribution in [0.25, 0.3) is 0 Å². The number of quaternary nitrogens is 1. The molecule has 0 rings (SSSR count). The normalized spacial score (nSPS) is 13.8. The second kappa shape index (κ2) is 17.6. The van der Waals surface area contributed by atoms with E-state index in [0.717, 1.165) is 19.3 Å². The van der Waals surface area contributed by atoms with Gasteiger partial charge in [0.25, 0.3) is 0 Å². The molecule has 0 saturated heterocycles. The third-order valence-corrected chi connectivity index (χ3v) is 5.96. The zero-order valence-corrected chi connectivity index (χ0v) is 21.1. The standard InChI is InChI=1S/C26H51NO4/c1-5-6-7-8-9-10-11-12-13-14-15-16-17-18-19-20-21-24(28)26(31,22-25(29)30)23-27(2,3)4/h31H,5-23H2,1-4H3/p+1. The highest BCUT2D eigenvalue weighted by atomic mass is 16.4. The number of rotatable bonds is 22. The van der Waals surface area contributed by atoms with Gasteiger partial charge < -0.3 is 14.7 Å². The average molecular weight is 443 g/mol. The number of nitrogens with zero attached hydrogens (tertiary/aromatic N) is 1. The van der Waals surface area contributed by atoms with E-state index in [2.05, 4.69) is 6.92 Å². The topological polar surface area (TPSA) is 74.6 Å². The second-order valence-corrected chi connectivity index (χ2v) is 10.5. The number of ketones is 1. The fraction of sp³-hybridized carbons (Fsp3) is 0.923. The molecule has 0 radical (unpaired) electrons. The summed E-state index contributed by atoms with van der Waals surface area (Å²) < 4.78 is 0.356. The lowest BCUT2D eigenvalue weighted by Crippen LogP contribution is -2.54. The zero-order chi connectivity index (χ0) is 23.6. The number of carboxylic acids is 1. The number of hydrogen-bond donors (Lipinski definition) is 2. The van der Waals surface area contributed by atoms with Gasteiger partial charge in [0.2, 0.25) is 0 Å². The number of unbranched alkanes of at least 4 members (excludes halogenated alkanes) is 15. The molecule has 5 heteroatoms. The molecular weight excluding hydrogens is 390 g/mol. The van der Waals surface area contributed by atoms with Crippen LogP contribution in [0.5, 0.6) is 0 Å². The molecule has 0 aliphatic carbocycles. The van der Waals surface area contributed by atoms with Crippen LogP contribution >= 0.6 is 0 Å². The van der Waals surface area contributed by atoms with Crippen LogP contribution in [0.15, 0.2) is 0 Å². The lowest BCUT2D eigenvalue weighted by molar-refractivity contribution is -0.875. The van der Waals surface area contributed by atoms with Crippen LogP contribution in [0.4, 0.5) is 0 Å². The van der Waals surface area contributed by atoms with E-state index in [1.54, 1.807) is 0 Å². The van der Waals surface area contributed by atoms with Crippen LogP contribution < -0.4 is 0 Å². The number of likely N-dealkylation sites (N-methyl/N-ethyl adjacent to an activating group) is 1. The largest absolute Gasteiger partial charge is 0.481 e. The Balaban J connectivity index is 3.70. The van der Waals surface area contributed by atoms with E-state index in [9.17, 15) is 14.7 Å². The van der Waals surface area contributed by atoms with E-state index in [0.29, 0.717) is 4.48 Å². The van der Waals surface area contributed by atoms with Gasteiger partial charge in [0.15, 0.2) is 11.4 Å². The number of Topliss-reactive ketones (excluding diaryl/α,β-unsaturated/α-hetero) is 1. The summed E-state index contributed by atoms with van der Waals surface area (Å²) in [5, 5.41) is 19.8. The van der Waals surface area contributed by atoms with Crippen molar-refractivity contribution in [1.82, 2.24) is 0 Å². The van der Waals surface area contributed by atoms with Gasteiger partial charge in [-0.2, -0.15) is 0 Å². The molecule has 0 amide bonds. The van der Waals surface area contributed by atoms with E-state index in [1.165, 1.54) is 83.5 Å². The molecule has 0 aliphatic rings. The molecule has 2 N–H and O–H groups in total. The van der Waals surface area contributed by atoms with Crippen molar-refractivity contribution in [3.05, 3.63) is 0 Å². The van der Waals surface area contributed by atoms with Gasteiger partial charge in [-0.05, 0) is 6.42 Å². The van der Waals surface area contributed by atoms with Crippen molar-refractivity contribution >= 4 is 11.8 Å². The van der Waals surface area contributed by atoms with Crippen LogP contribution in [0.2, 0.25) is 0 Å². The fourth-order valence-electron chi connectivity index (χ4n) is 4.34. The van der Waals surface area contributed by atoms with E-state index >= 15 is 0 Å².